The van der Waals surface area contributed by atoms with Gasteiger partial charge in [-0.1, -0.05) is 69.5 Å². The summed E-state index contributed by atoms with van der Waals surface area (Å²) in [5, 5.41) is 1.53. The second-order valence-corrected chi connectivity index (χ2v) is 11.0. The molecule has 0 aliphatic heterocycles. The lowest BCUT2D eigenvalue weighted by atomic mass is 10.4. The Morgan fingerprint density at radius 3 is 2.00 bits per heavy atom. The molecule has 1 rings (SSSR count). The van der Waals surface area contributed by atoms with Gasteiger partial charge in [0.25, 0.3) is 0 Å². The van der Waals surface area contributed by atoms with Crippen molar-refractivity contribution in [2.45, 2.75) is 32.5 Å². The van der Waals surface area contributed by atoms with Gasteiger partial charge in [0.1, 0.15) is 0 Å². The Bertz CT molecular complexity index is 301. The first-order valence-corrected chi connectivity index (χ1v) is 9.71. The Labute approximate surface area is 104 Å². The summed E-state index contributed by atoms with van der Waals surface area (Å²) in [4.78, 5) is 0. The van der Waals surface area contributed by atoms with Gasteiger partial charge in [0.05, 0.1) is 8.07 Å². The highest BCUT2D eigenvalue weighted by Gasteiger charge is 2.22. The highest BCUT2D eigenvalue weighted by atomic mass is 79.9. The van der Waals surface area contributed by atoms with Crippen LogP contribution in [-0.4, -0.2) is 8.07 Å². The molecule has 0 atom stereocenters. The molecule has 1 aromatic carbocycles. The van der Waals surface area contributed by atoms with Crippen molar-refractivity contribution in [2.75, 3.05) is 0 Å². The van der Waals surface area contributed by atoms with Gasteiger partial charge in [-0.15, -0.1) is 0 Å². The summed E-state index contributed by atoms with van der Waals surface area (Å²) in [6.07, 6.45) is 1.28. The van der Waals surface area contributed by atoms with Crippen molar-refractivity contribution in [3.8, 4) is 0 Å². The van der Waals surface area contributed by atoms with Crippen molar-refractivity contribution in [1.29, 1.82) is 0 Å². The van der Waals surface area contributed by atoms with Crippen LogP contribution in [0.25, 0.3) is 0 Å². The van der Waals surface area contributed by atoms with Crippen molar-refractivity contribution >= 4 is 45.1 Å². The van der Waals surface area contributed by atoms with E-state index < -0.39 is 8.07 Å². The summed E-state index contributed by atoms with van der Waals surface area (Å²) in [5.74, 6) is 0. The average Bonchev–Trinajstić information content (AvgIpc) is 2.02. The molecule has 0 nitrogen and oxygen atoms in total. The van der Waals surface area contributed by atoms with Crippen LogP contribution in [0.1, 0.15) is 13.3 Å². The summed E-state index contributed by atoms with van der Waals surface area (Å²) >= 11 is 7.10. The molecule has 0 spiro atoms. The molecule has 0 heterocycles. The topological polar surface area (TPSA) is 0 Å². The van der Waals surface area contributed by atoms with Crippen molar-refractivity contribution in [2.24, 2.45) is 0 Å². The van der Waals surface area contributed by atoms with Gasteiger partial charge in [0.15, 0.2) is 0 Å². The third-order valence-corrected chi connectivity index (χ3v) is 7.04. The van der Waals surface area contributed by atoms with Gasteiger partial charge in [-0.05, 0) is 18.2 Å². The van der Waals surface area contributed by atoms with Gasteiger partial charge in [-0.3, -0.25) is 0 Å². The van der Waals surface area contributed by atoms with Crippen LogP contribution in [0.4, 0.5) is 0 Å². The van der Waals surface area contributed by atoms with Gasteiger partial charge >= 0.3 is 0 Å². The predicted octanol–water partition coefficient (Wildman–Crippen LogP) is 4.54. The van der Waals surface area contributed by atoms with E-state index in [1.165, 1.54) is 26.6 Å². The maximum atomic E-state index is 3.55. The maximum Gasteiger partial charge on any atom is 0.0807 e. The Morgan fingerprint density at radius 1 is 1.07 bits per heavy atom. The fraction of sp³-hybridized carbons (Fsp3) is 0.455. The third-order valence-electron chi connectivity index (χ3n) is 2.52. The second kappa shape index (κ2) is 4.95. The van der Waals surface area contributed by atoms with E-state index >= 15 is 0 Å². The Balaban J connectivity index is 3.05. The molecule has 0 aliphatic carbocycles. The summed E-state index contributed by atoms with van der Waals surface area (Å²) in [7, 11) is -1.20. The number of hydrogen-bond acceptors (Lipinski definition) is 0. The highest BCUT2D eigenvalue weighted by molar-refractivity contribution is 9.11. The molecule has 0 fully saturated rings. The van der Waals surface area contributed by atoms with Crippen molar-refractivity contribution in [1.82, 2.24) is 0 Å². The van der Waals surface area contributed by atoms with Gasteiger partial charge in [0.2, 0.25) is 0 Å². The smallest absolute Gasteiger partial charge is 0.0656 e. The minimum atomic E-state index is -1.20. The fourth-order valence-electron chi connectivity index (χ4n) is 1.71. The highest BCUT2D eigenvalue weighted by Crippen LogP contribution is 2.20. The molecule has 0 saturated carbocycles. The molecular weight excluding hydrogens is 320 g/mol. The molecule has 0 bridgehead atoms. The number of rotatable bonds is 3. The standard InChI is InChI=1S/C11H16Br2Si/c1-4-5-14(2,3)11-7-9(12)6-10(13)8-11/h6-8H,4-5H2,1-3H3. The molecule has 78 valence electrons. The van der Waals surface area contributed by atoms with Crippen LogP contribution in [-0.2, 0) is 0 Å². The Hall–Kier alpha value is 0.397. The van der Waals surface area contributed by atoms with Crippen LogP contribution < -0.4 is 5.19 Å². The van der Waals surface area contributed by atoms with Crippen LogP contribution >= 0.6 is 31.9 Å². The second-order valence-electron chi connectivity index (χ2n) is 4.29. The van der Waals surface area contributed by atoms with Crippen LogP contribution in [0.3, 0.4) is 0 Å². The molecule has 0 unspecified atom stereocenters. The van der Waals surface area contributed by atoms with Gasteiger partial charge in [0, 0.05) is 8.95 Å². The van der Waals surface area contributed by atoms with E-state index in [0.29, 0.717) is 0 Å². The number of halogens is 2. The van der Waals surface area contributed by atoms with Gasteiger partial charge in [-0.25, -0.2) is 0 Å². The summed E-state index contributed by atoms with van der Waals surface area (Å²) in [6.45, 7) is 7.14. The zero-order valence-electron chi connectivity index (χ0n) is 8.90. The van der Waals surface area contributed by atoms with E-state index in [2.05, 4.69) is 70.1 Å². The molecule has 0 radical (unpaired) electrons. The van der Waals surface area contributed by atoms with E-state index in [4.69, 9.17) is 0 Å². The molecule has 3 heteroatoms. The minimum Gasteiger partial charge on any atom is -0.0656 e. The third kappa shape index (κ3) is 3.21. The lowest BCUT2D eigenvalue weighted by Gasteiger charge is -2.22. The van der Waals surface area contributed by atoms with Crippen molar-refractivity contribution in [3.05, 3.63) is 27.1 Å². The Morgan fingerprint density at radius 2 is 1.57 bits per heavy atom. The quantitative estimate of drug-likeness (QED) is 0.711. The number of benzene rings is 1. The first-order valence-electron chi connectivity index (χ1n) is 4.92. The van der Waals surface area contributed by atoms with E-state index in [-0.39, 0.29) is 0 Å². The molecule has 14 heavy (non-hydrogen) atoms. The summed E-state index contributed by atoms with van der Waals surface area (Å²) in [5.41, 5.74) is 0. The SMILES string of the molecule is CCC[Si](C)(C)c1cc(Br)cc(Br)c1. The zero-order chi connectivity index (χ0) is 10.8. The van der Waals surface area contributed by atoms with Crippen LogP contribution in [0.5, 0.6) is 0 Å². The monoisotopic (exact) mass is 334 g/mol. The normalized spacial score (nSPS) is 11.8. The van der Waals surface area contributed by atoms with E-state index in [0.717, 1.165) is 0 Å². The van der Waals surface area contributed by atoms with Crippen LogP contribution in [0.2, 0.25) is 19.1 Å². The molecule has 0 saturated heterocycles. The molecule has 0 aromatic heterocycles. The van der Waals surface area contributed by atoms with Crippen molar-refractivity contribution < 1.29 is 0 Å². The van der Waals surface area contributed by atoms with E-state index in [1.807, 2.05) is 0 Å². The fourth-order valence-corrected chi connectivity index (χ4v) is 6.06. The van der Waals surface area contributed by atoms with Crippen LogP contribution in [0, 0.1) is 0 Å². The molecule has 0 amide bonds. The average molecular weight is 336 g/mol. The maximum absolute atomic E-state index is 3.55. The molecule has 0 N–H and O–H groups in total. The zero-order valence-corrected chi connectivity index (χ0v) is 13.1. The van der Waals surface area contributed by atoms with Gasteiger partial charge in [-0.2, -0.15) is 0 Å². The van der Waals surface area contributed by atoms with Crippen molar-refractivity contribution in [3.63, 3.8) is 0 Å². The van der Waals surface area contributed by atoms with Crippen LogP contribution in [0.15, 0.2) is 27.1 Å². The number of hydrogen-bond donors (Lipinski definition) is 0. The largest absolute Gasteiger partial charge is 0.0807 e. The lowest BCUT2D eigenvalue weighted by molar-refractivity contribution is 1.05. The summed E-state index contributed by atoms with van der Waals surface area (Å²) < 4.78 is 2.36. The van der Waals surface area contributed by atoms with Gasteiger partial charge < -0.3 is 0 Å². The Kier molecular flexibility index (Phi) is 4.41. The first kappa shape index (κ1) is 12.5. The first-order chi connectivity index (χ1) is 6.45. The molecule has 0 aliphatic rings. The van der Waals surface area contributed by atoms with E-state index in [9.17, 15) is 0 Å². The van der Waals surface area contributed by atoms with E-state index in [1.54, 1.807) is 0 Å². The molecule has 1 aromatic rings. The lowest BCUT2D eigenvalue weighted by Crippen LogP contribution is -2.40. The minimum absolute atomic E-state index is 1.18. The molecular formula is C11H16Br2Si. The summed E-state index contributed by atoms with van der Waals surface area (Å²) in [6, 6.07) is 8.00. The predicted molar refractivity (Wildman–Crippen MR) is 74.1 cm³/mol.